The van der Waals surface area contributed by atoms with E-state index in [1.807, 2.05) is 6.07 Å². The first-order valence-corrected chi connectivity index (χ1v) is 6.56. The van der Waals surface area contributed by atoms with Crippen molar-refractivity contribution in [2.24, 2.45) is 0 Å². The Kier molecular flexibility index (Phi) is 4.04. The molecular formula is C12H9BrClNO3. The minimum absolute atomic E-state index is 0.294. The minimum Gasteiger partial charge on any atom is -0.465 e. The van der Waals surface area contributed by atoms with Gasteiger partial charge < -0.3 is 9.26 Å². The molecule has 0 unspecified atom stereocenters. The van der Waals surface area contributed by atoms with Gasteiger partial charge in [0.2, 0.25) is 0 Å². The van der Waals surface area contributed by atoms with Crippen molar-refractivity contribution >= 4 is 33.5 Å². The molecule has 0 saturated heterocycles. The van der Waals surface area contributed by atoms with Crippen LogP contribution in [-0.4, -0.2) is 18.2 Å². The zero-order valence-electron chi connectivity index (χ0n) is 9.44. The summed E-state index contributed by atoms with van der Waals surface area (Å²) in [5.41, 5.74) is 1.32. The summed E-state index contributed by atoms with van der Waals surface area (Å²) in [6.07, 6.45) is 0. The van der Waals surface area contributed by atoms with Crippen molar-refractivity contribution in [3.05, 3.63) is 40.6 Å². The standard InChI is InChI=1S/C12H9BrClNO3/c1-17-12(16)10-9(6-13)18-15-11(10)7-4-2-3-5-8(7)14/h2-5H,6H2,1H3. The molecule has 0 saturated carbocycles. The number of rotatable bonds is 3. The average Bonchev–Trinajstić information content (AvgIpc) is 2.82. The molecule has 0 radical (unpaired) electrons. The Morgan fingerprint density at radius 1 is 1.50 bits per heavy atom. The van der Waals surface area contributed by atoms with Crippen molar-refractivity contribution < 1.29 is 14.1 Å². The van der Waals surface area contributed by atoms with Gasteiger partial charge in [0.25, 0.3) is 0 Å². The number of ether oxygens (including phenoxy) is 1. The van der Waals surface area contributed by atoms with Crippen LogP contribution in [0.25, 0.3) is 11.3 Å². The van der Waals surface area contributed by atoms with Crippen molar-refractivity contribution in [2.45, 2.75) is 5.33 Å². The van der Waals surface area contributed by atoms with E-state index < -0.39 is 5.97 Å². The molecule has 94 valence electrons. The number of alkyl halides is 1. The lowest BCUT2D eigenvalue weighted by Gasteiger charge is -2.02. The average molecular weight is 331 g/mol. The van der Waals surface area contributed by atoms with E-state index in [-0.39, 0.29) is 0 Å². The van der Waals surface area contributed by atoms with E-state index in [4.69, 9.17) is 20.9 Å². The van der Waals surface area contributed by atoms with Gasteiger partial charge in [-0.2, -0.15) is 0 Å². The van der Waals surface area contributed by atoms with Crippen molar-refractivity contribution in [1.29, 1.82) is 0 Å². The van der Waals surface area contributed by atoms with Crippen LogP contribution >= 0.6 is 27.5 Å². The third-order valence-corrected chi connectivity index (χ3v) is 3.24. The zero-order chi connectivity index (χ0) is 13.1. The van der Waals surface area contributed by atoms with Gasteiger partial charge in [-0.3, -0.25) is 0 Å². The van der Waals surface area contributed by atoms with E-state index in [1.165, 1.54) is 7.11 Å². The molecule has 6 heteroatoms. The summed E-state index contributed by atoms with van der Waals surface area (Å²) in [7, 11) is 1.31. The maximum atomic E-state index is 11.8. The van der Waals surface area contributed by atoms with Crippen LogP contribution in [0, 0.1) is 0 Å². The first kappa shape index (κ1) is 13.1. The predicted octanol–water partition coefficient (Wildman–Crippen LogP) is 3.68. The third-order valence-electron chi connectivity index (χ3n) is 2.40. The molecule has 1 aromatic heterocycles. The number of aromatic nitrogens is 1. The molecule has 1 heterocycles. The molecule has 18 heavy (non-hydrogen) atoms. The van der Waals surface area contributed by atoms with E-state index >= 15 is 0 Å². The Morgan fingerprint density at radius 3 is 2.83 bits per heavy atom. The van der Waals surface area contributed by atoms with Crippen LogP contribution in [0.4, 0.5) is 0 Å². The molecular weight excluding hydrogens is 321 g/mol. The lowest BCUT2D eigenvalue weighted by Crippen LogP contribution is -2.04. The number of benzene rings is 1. The van der Waals surface area contributed by atoms with Crippen LogP contribution in [0.15, 0.2) is 28.8 Å². The van der Waals surface area contributed by atoms with Crippen LogP contribution in [0.5, 0.6) is 0 Å². The largest absolute Gasteiger partial charge is 0.465 e. The monoisotopic (exact) mass is 329 g/mol. The Bertz CT molecular complexity index is 582. The van der Waals surface area contributed by atoms with Crippen LogP contribution in [0.1, 0.15) is 16.1 Å². The van der Waals surface area contributed by atoms with Gasteiger partial charge >= 0.3 is 5.97 Å². The van der Waals surface area contributed by atoms with Crippen LogP contribution in [-0.2, 0) is 10.1 Å². The summed E-state index contributed by atoms with van der Waals surface area (Å²) in [4.78, 5) is 11.8. The number of hydrogen-bond donors (Lipinski definition) is 0. The number of methoxy groups -OCH3 is 1. The second-order valence-corrected chi connectivity index (χ2v) is 4.40. The molecule has 0 fully saturated rings. The van der Waals surface area contributed by atoms with Crippen LogP contribution in [0.2, 0.25) is 5.02 Å². The predicted molar refractivity (Wildman–Crippen MR) is 70.9 cm³/mol. The van der Waals surface area contributed by atoms with Gasteiger partial charge in [-0.05, 0) is 6.07 Å². The first-order valence-electron chi connectivity index (χ1n) is 5.06. The summed E-state index contributed by atoms with van der Waals surface area (Å²) >= 11 is 9.32. The summed E-state index contributed by atoms with van der Waals surface area (Å²) < 4.78 is 9.86. The van der Waals surface area contributed by atoms with E-state index in [0.717, 1.165) is 0 Å². The highest BCUT2D eigenvalue weighted by Crippen LogP contribution is 2.32. The molecule has 2 rings (SSSR count). The van der Waals surface area contributed by atoms with Crippen LogP contribution < -0.4 is 0 Å². The van der Waals surface area contributed by atoms with E-state index in [9.17, 15) is 4.79 Å². The summed E-state index contributed by atoms with van der Waals surface area (Å²) in [5, 5.41) is 4.76. The summed E-state index contributed by atoms with van der Waals surface area (Å²) in [6, 6.07) is 7.10. The smallest absolute Gasteiger partial charge is 0.343 e. The van der Waals surface area contributed by atoms with Crippen molar-refractivity contribution in [1.82, 2.24) is 5.16 Å². The number of hydrogen-bond acceptors (Lipinski definition) is 4. The number of carbonyl (C=O) groups excluding carboxylic acids is 1. The fraction of sp³-hybridized carbons (Fsp3) is 0.167. The third kappa shape index (κ3) is 2.28. The van der Waals surface area contributed by atoms with Gasteiger partial charge in [0.1, 0.15) is 11.3 Å². The van der Waals surface area contributed by atoms with Gasteiger partial charge in [-0.1, -0.05) is 50.9 Å². The summed E-state index contributed by atoms with van der Waals surface area (Å²) in [6.45, 7) is 0. The highest BCUT2D eigenvalue weighted by atomic mass is 79.9. The summed E-state index contributed by atoms with van der Waals surface area (Å²) in [5.74, 6) is -0.0858. The highest BCUT2D eigenvalue weighted by Gasteiger charge is 2.25. The molecule has 0 bridgehead atoms. The second-order valence-electron chi connectivity index (χ2n) is 3.43. The molecule has 0 spiro atoms. The SMILES string of the molecule is COC(=O)c1c(-c2ccccc2Cl)noc1CBr. The van der Waals surface area contributed by atoms with Gasteiger partial charge in [-0.25, -0.2) is 4.79 Å². The van der Waals surface area contributed by atoms with Gasteiger partial charge in [-0.15, -0.1) is 0 Å². The zero-order valence-corrected chi connectivity index (χ0v) is 11.8. The number of halogens is 2. The van der Waals surface area contributed by atoms with Crippen LogP contribution in [0.3, 0.4) is 0 Å². The van der Waals surface area contributed by atoms with Crippen molar-refractivity contribution in [3.8, 4) is 11.3 Å². The first-order chi connectivity index (χ1) is 8.69. The number of nitrogens with zero attached hydrogens (tertiary/aromatic N) is 1. The highest BCUT2D eigenvalue weighted by molar-refractivity contribution is 9.08. The van der Waals surface area contributed by atoms with E-state index in [2.05, 4.69) is 21.1 Å². The fourth-order valence-electron chi connectivity index (χ4n) is 1.56. The number of carbonyl (C=O) groups is 1. The quantitative estimate of drug-likeness (QED) is 0.636. The van der Waals surface area contributed by atoms with E-state index in [0.29, 0.717) is 32.9 Å². The molecule has 4 nitrogen and oxygen atoms in total. The molecule has 2 aromatic rings. The van der Waals surface area contributed by atoms with E-state index in [1.54, 1.807) is 18.2 Å². The number of esters is 1. The molecule has 0 aliphatic carbocycles. The maximum absolute atomic E-state index is 11.8. The van der Waals surface area contributed by atoms with Gasteiger partial charge in [0.05, 0.1) is 17.5 Å². The lowest BCUT2D eigenvalue weighted by atomic mass is 10.1. The topological polar surface area (TPSA) is 52.3 Å². The molecule has 0 atom stereocenters. The molecule has 0 N–H and O–H groups in total. The second kappa shape index (κ2) is 5.54. The Morgan fingerprint density at radius 2 is 2.22 bits per heavy atom. The molecule has 1 aromatic carbocycles. The molecule has 0 aliphatic heterocycles. The van der Waals surface area contributed by atoms with Gasteiger partial charge in [0.15, 0.2) is 5.76 Å². The van der Waals surface area contributed by atoms with Gasteiger partial charge in [0, 0.05) is 5.56 Å². The molecule has 0 amide bonds. The Labute approximate surface area is 117 Å². The lowest BCUT2D eigenvalue weighted by molar-refractivity contribution is 0.0599. The molecule has 0 aliphatic rings. The normalized spacial score (nSPS) is 10.4. The fourth-order valence-corrected chi connectivity index (χ4v) is 2.17. The Hall–Kier alpha value is -1.33. The van der Waals surface area contributed by atoms with Crippen molar-refractivity contribution in [3.63, 3.8) is 0 Å². The minimum atomic E-state index is -0.499. The Balaban J connectivity index is 2.62. The van der Waals surface area contributed by atoms with Crippen molar-refractivity contribution in [2.75, 3.05) is 7.11 Å². The maximum Gasteiger partial charge on any atom is 0.343 e.